The van der Waals surface area contributed by atoms with Crippen molar-refractivity contribution in [2.75, 3.05) is 20.1 Å². The minimum Gasteiger partial charge on any atom is -0.317 e. The van der Waals surface area contributed by atoms with Gasteiger partial charge in [0.1, 0.15) is 0 Å². The molecule has 0 spiro atoms. The van der Waals surface area contributed by atoms with Crippen molar-refractivity contribution in [3.8, 4) is 6.07 Å². The van der Waals surface area contributed by atoms with Gasteiger partial charge in [-0.25, -0.2) is 8.42 Å². The first-order valence-electron chi connectivity index (χ1n) is 6.98. The van der Waals surface area contributed by atoms with E-state index in [2.05, 4.69) is 5.32 Å². The zero-order chi connectivity index (χ0) is 17.3. The van der Waals surface area contributed by atoms with E-state index in [0.29, 0.717) is 32.0 Å². The predicted octanol–water partition coefficient (Wildman–Crippen LogP) is 1.95. The third kappa shape index (κ3) is 3.65. The van der Waals surface area contributed by atoms with Crippen LogP contribution < -0.4 is 5.32 Å². The number of piperidine rings is 1. The summed E-state index contributed by atoms with van der Waals surface area (Å²) in [6.45, 7) is 1.36. The van der Waals surface area contributed by atoms with E-state index in [-0.39, 0.29) is 10.9 Å². The molecule has 0 saturated carbocycles. The number of rotatable bonds is 3. The zero-order valence-corrected chi connectivity index (χ0v) is 13.2. The average Bonchev–Trinajstić information content (AvgIpc) is 2.53. The Hall–Kier alpha value is -1.63. The molecule has 5 nitrogen and oxygen atoms in total. The first-order valence-corrected chi connectivity index (χ1v) is 8.42. The minimum atomic E-state index is -4.70. The summed E-state index contributed by atoms with van der Waals surface area (Å²) in [5.41, 5.74) is -1.83. The number of halogens is 3. The fourth-order valence-corrected chi connectivity index (χ4v) is 4.00. The van der Waals surface area contributed by atoms with E-state index in [1.807, 2.05) is 0 Å². The molecule has 9 heteroatoms. The normalized spacial score (nSPS) is 17.2. The number of nitrogens with zero attached hydrogens (tertiary/aromatic N) is 2. The molecule has 1 aromatic rings. The first-order chi connectivity index (χ1) is 10.7. The van der Waals surface area contributed by atoms with Crippen molar-refractivity contribution in [1.82, 2.24) is 9.62 Å². The van der Waals surface area contributed by atoms with Crippen molar-refractivity contribution >= 4 is 10.0 Å². The van der Waals surface area contributed by atoms with Crippen LogP contribution in [0.2, 0.25) is 0 Å². The lowest BCUT2D eigenvalue weighted by molar-refractivity contribution is -0.137. The minimum absolute atomic E-state index is 0.214. The second-order valence-electron chi connectivity index (χ2n) is 5.32. The Morgan fingerprint density at radius 1 is 1.30 bits per heavy atom. The van der Waals surface area contributed by atoms with E-state index in [0.717, 1.165) is 12.1 Å². The van der Waals surface area contributed by atoms with Gasteiger partial charge in [0.2, 0.25) is 10.0 Å². The van der Waals surface area contributed by atoms with Crippen LogP contribution in [0, 0.1) is 11.3 Å². The monoisotopic (exact) mass is 347 g/mol. The maximum atomic E-state index is 12.8. The summed E-state index contributed by atoms with van der Waals surface area (Å²) in [5.74, 6) is 0. The number of hydrogen-bond donors (Lipinski definition) is 1. The summed E-state index contributed by atoms with van der Waals surface area (Å²) in [4.78, 5) is -0.303. The molecule has 1 saturated heterocycles. The molecule has 1 aliphatic rings. The van der Waals surface area contributed by atoms with Gasteiger partial charge in [-0.2, -0.15) is 22.7 Å². The Morgan fingerprint density at radius 2 is 1.91 bits per heavy atom. The molecule has 0 amide bonds. The van der Waals surface area contributed by atoms with Gasteiger partial charge >= 0.3 is 6.18 Å². The van der Waals surface area contributed by atoms with Crippen molar-refractivity contribution < 1.29 is 21.6 Å². The summed E-state index contributed by atoms with van der Waals surface area (Å²) in [6.07, 6.45) is -3.45. The molecule has 2 rings (SSSR count). The van der Waals surface area contributed by atoms with Crippen LogP contribution in [0.4, 0.5) is 13.2 Å². The number of nitriles is 1. The van der Waals surface area contributed by atoms with E-state index in [4.69, 9.17) is 5.26 Å². The number of alkyl halides is 3. The van der Waals surface area contributed by atoms with E-state index >= 15 is 0 Å². The molecule has 1 aromatic carbocycles. The fraction of sp³-hybridized carbons (Fsp3) is 0.500. The zero-order valence-electron chi connectivity index (χ0n) is 12.4. The van der Waals surface area contributed by atoms with Gasteiger partial charge in [-0.1, -0.05) is 0 Å². The number of hydrogen-bond acceptors (Lipinski definition) is 4. The Balaban J connectivity index is 2.38. The standard InChI is InChI=1S/C14H16F3N3O2S/c1-20(11-4-6-19-7-5-11)23(21,22)12-2-3-13(14(15,16)17)10(8-12)9-18/h2-3,8,11,19H,4-7H2,1H3. The van der Waals surface area contributed by atoms with Crippen LogP contribution in [-0.2, 0) is 16.2 Å². The summed E-state index contributed by atoms with van der Waals surface area (Å²) in [6, 6.07) is 3.53. The summed E-state index contributed by atoms with van der Waals surface area (Å²) in [7, 11) is -2.53. The Labute approximate surface area is 132 Å². The van der Waals surface area contributed by atoms with E-state index in [9.17, 15) is 21.6 Å². The summed E-state index contributed by atoms with van der Waals surface area (Å²) in [5, 5.41) is 12.0. The maximum absolute atomic E-state index is 12.8. The topological polar surface area (TPSA) is 73.2 Å². The molecule has 1 aliphatic heterocycles. The summed E-state index contributed by atoms with van der Waals surface area (Å²) >= 11 is 0. The maximum Gasteiger partial charge on any atom is 0.417 e. The van der Waals surface area contributed by atoms with Gasteiger partial charge in [-0.15, -0.1) is 0 Å². The lowest BCUT2D eigenvalue weighted by Gasteiger charge is -2.31. The first kappa shape index (κ1) is 17.7. The van der Waals surface area contributed by atoms with Crippen molar-refractivity contribution in [2.24, 2.45) is 0 Å². The van der Waals surface area contributed by atoms with Crippen molar-refractivity contribution in [3.63, 3.8) is 0 Å². The third-order valence-electron chi connectivity index (χ3n) is 3.92. The number of nitrogens with one attached hydrogen (secondary N) is 1. The molecule has 0 bridgehead atoms. The molecule has 1 fully saturated rings. The third-order valence-corrected chi connectivity index (χ3v) is 5.82. The quantitative estimate of drug-likeness (QED) is 0.907. The van der Waals surface area contributed by atoms with Gasteiger partial charge in [0.25, 0.3) is 0 Å². The second-order valence-corrected chi connectivity index (χ2v) is 7.32. The molecule has 0 atom stereocenters. The van der Waals surface area contributed by atoms with Crippen molar-refractivity contribution in [1.29, 1.82) is 5.26 Å². The van der Waals surface area contributed by atoms with E-state index in [1.54, 1.807) is 0 Å². The van der Waals surface area contributed by atoms with Crippen LogP contribution in [0.15, 0.2) is 23.1 Å². The highest BCUT2D eigenvalue weighted by Gasteiger charge is 2.35. The largest absolute Gasteiger partial charge is 0.417 e. The SMILES string of the molecule is CN(C1CCNCC1)S(=O)(=O)c1ccc(C(F)(F)F)c(C#N)c1. The van der Waals surface area contributed by atoms with Crippen LogP contribution in [0.25, 0.3) is 0 Å². The molecule has 1 N–H and O–H groups in total. The molecule has 23 heavy (non-hydrogen) atoms. The van der Waals surface area contributed by atoms with Crippen LogP contribution in [-0.4, -0.2) is 38.9 Å². The average molecular weight is 347 g/mol. The Bertz CT molecular complexity index is 720. The molecule has 1 heterocycles. The highest BCUT2D eigenvalue weighted by Crippen LogP contribution is 2.33. The second kappa shape index (κ2) is 6.47. The molecular formula is C14H16F3N3O2S. The fourth-order valence-electron chi connectivity index (χ4n) is 2.56. The number of benzene rings is 1. The lowest BCUT2D eigenvalue weighted by atomic mass is 10.1. The van der Waals surface area contributed by atoms with Crippen LogP contribution >= 0.6 is 0 Å². The molecule has 0 radical (unpaired) electrons. The Kier molecular flexibility index (Phi) is 4.98. The van der Waals surface area contributed by atoms with Crippen molar-refractivity contribution in [3.05, 3.63) is 29.3 Å². The molecule has 0 unspecified atom stereocenters. The molecule has 126 valence electrons. The molecular weight excluding hydrogens is 331 g/mol. The van der Waals surface area contributed by atoms with Gasteiger partial charge < -0.3 is 5.32 Å². The van der Waals surface area contributed by atoms with Gasteiger partial charge in [-0.3, -0.25) is 0 Å². The van der Waals surface area contributed by atoms with Crippen molar-refractivity contribution in [2.45, 2.75) is 30.0 Å². The van der Waals surface area contributed by atoms with Crippen LogP contribution in [0.3, 0.4) is 0 Å². The predicted molar refractivity (Wildman–Crippen MR) is 77.0 cm³/mol. The summed E-state index contributed by atoms with van der Waals surface area (Å²) < 4.78 is 64.7. The van der Waals surface area contributed by atoms with Gasteiger partial charge in [0.15, 0.2) is 0 Å². The van der Waals surface area contributed by atoms with Gasteiger partial charge in [-0.05, 0) is 44.1 Å². The highest BCUT2D eigenvalue weighted by atomic mass is 32.2. The lowest BCUT2D eigenvalue weighted by Crippen LogP contribution is -2.43. The molecule has 0 aliphatic carbocycles. The smallest absolute Gasteiger partial charge is 0.317 e. The van der Waals surface area contributed by atoms with E-state index in [1.165, 1.54) is 17.4 Å². The Morgan fingerprint density at radius 3 is 2.43 bits per heavy atom. The molecule has 0 aromatic heterocycles. The number of sulfonamides is 1. The van der Waals surface area contributed by atoms with Crippen LogP contribution in [0.5, 0.6) is 0 Å². The van der Waals surface area contributed by atoms with Crippen LogP contribution in [0.1, 0.15) is 24.0 Å². The van der Waals surface area contributed by atoms with E-state index < -0.39 is 27.3 Å². The van der Waals surface area contributed by atoms with Gasteiger partial charge in [0, 0.05) is 13.1 Å². The van der Waals surface area contributed by atoms with Gasteiger partial charge in [0.05, 0.1) is 22.1 Å². The highest BCUT2D eigenvalue weighted by molar-refractivity contribution is 7.89.